The first kappa shape index (κ1) is 15.0. The summed E-state index contributed by atoms with van der Waals surface area (Å²) in [7, 11) is 0. The van der Waals surface area contributed by atoms with Crippen molar-refractivity contribution in [2.75, 3.05) is 6.61 Å². The second-order valence-electron chi connectivity index (χ2n) is 5.53. The molecule has 0 amide bonds. The lowest BCUT2D eigenvalue weighted by Crippen LogP contribution is -2.15. The largest absolute Gasteiger partial charge is 0.461 e. The molecular formula is C15H21NO4. The fourth-order valence-corrected chi connectivity index (χ4v) is 2.83. The monoisotopic (exact) mass is 279 g/mol. The van der Waals surface area contributed by atoms with Crippen LogP contribution in [0.2, 0.25) is 0 Å². The summed E-state index contributed by atoms with van der Waals surface area (Å²) in [6.45, 7) is 4.22. The maximum atomic E-state index is 11.3. The molecule has 0 aliphatic carbocycles. The number of nitriles is 1. The molecule has 20 heavy (non-hydrogen) atoms. The summed E-state index contributed by atoms with van der Waals surface area (Å²) < 4.78 is 11.1. The van der Waals surface area contributed by atoms with Crippen molar-refractivity contribution in [3.63, 3.8) is 0 Å². The third-order valence-electron chi connectivity index (χ3n) is 3.96. The van der Waals surface area contributed by atoms with Gasteiger partial charge in [-0.1, -0.05) is 6.58 Å². The Morgan fingerprint density at radius 1 is 1.35 bits per heavy atom. The number of rotatable bonds is 6. The minimum atomic E-state index is -0.606. The summed E-state index contributed by atoms with van der Waals surface area (Å²) in [6.07, 6.45) is 4.40. The zero-order valence-electron chi connectivity index (χ0n) is 11.6. The predicted octanol–water partition coefficient (Wildman–Crippen LogP) is 1.71. The lowest BCUT2D eigenvalue weighted by Gasteiger charge is -2.15. The van der Waals surface area contributed by atoms with E-state index in [1.807, 2.05) is 6.07 Å². The Labute approximate surface area is 119 Å². The molecule has 0 aromatic heterocycles. The molecule has 2 saturated heterocycles. The highest BCUT2D eigenvalue weighted by atomic mass is 16.6. The number of nitrogens with zero attached hydrogens (tertiary/aromatic N) is 1. The van der Waals surface area contributed by atoms with Gasteiger partial charge in [0.25, 0.3) is 0 Å². The molecule has 0 spiro atoms. The van der Waals surface area contributed by atoms with E-state index in [0.29, 0.717) is 12.8 Å². The zero-order valence-corrected chi connectivity index (χ0v) is 11.6. The fraction of sp³-hybridized carbons (Fsp3) is 0.733. The van der Waals surface area contributed by atoms with Crippen LogP contribution in [-0.4, -0.2) is 36.0 Å². The molecule has 5 heteroatoms. The van der Waals surface area contributed by atoms with Gasteiger partial charge >= 0.3 is 5.97 Å². The van der Waals surface area contributed by atoms with Crippen molar-refractivity contribution in [1.29, 1.82) is 5.26 Å². The van der Waals surface area contributed by atoms with E-state index in [0.717, 1.165) is 31.3 Å². The fourth-order valence-electron chi connectivity index (χ4n) is 2.83. The van der Waals surface area contributed by atoms with E-state index >= 15 is 0 Å². The number of aliphatic hydroxyl groups is 1. The second-order valence-corrected chi connectivity index (χ2v) is 5.53. The highest BCUT2D eigenvalue weighted by Gasteiger charge is 2.36. The van der Waals surface area contributed by atoms with Crippen molar-refractivity contribution in [3.05, 3.63) is 12.2 Å². The molecule has 0 aromatic rings. The maximum absolute atomic E-state index is 11.3. The van der Waals surface area contributed by atoms with Crippen LogP contribution in [0.4, 0.5) is 0 Å². The SMILES string of the molecule is C=C1CC(CCCO)O[C@H]1CCC1C[C@@H](C#N)C(=O)O1. The molecule has 1 N–H and O–H groups in total. The molecule has 2 heterocycles. The van der Waals surface area contributed by atoms with Crippen molar-refractivity contribution in [1.82, 2.24) is 0 Å². The van der Waals surface area contributed by atoms with E-state index in [1.165, 1.54) is 0 Å². The van der Waals surface area contributed by atoms with E-state index < -0.39 is 11.9 Å². The Morgan fingerprint density at radius 2 is 2.15 bits per heavy atom. The van der Waals surface area contributed by atoms with Gasteiger partial charge in [0.1, 0.15) is 12.0 Å². The molecular weight excluding hydrogens is 258 g/mol. The van der Waals surface area contributed by atoms with E-state index in [9.17, 15) is 4.79 Å². The van der Waals surface area contributed by atoms with Crippen LogP contribution in [0.1, 0.15) is 38.5 Å². The molecule has 4 atom stereocenters. The molecule has 2 aliphatic rings. The van der Waals surface area contributed by atoms with Crippen LogP contribution in [-0.2, 0) is 14.3 Å². The number of hydrogen-bond acceptors (Lipinski definition) is 5. The minimum Gasteiger partial charge on any atom is -0.461 e. The first-order valence-corrected chi connectivity index (χ1v) is 7.18. The van der Waals surface area contributed by atoms with Crippen LogP contribution in [0.15, 0.2) is 12.2 Å². The van der Waals surface area contributed by atoms with Gasteiger partial charge in [0.2, 0.25) is 0 Å². The number of carbonyl (C=O) groups is 1. The third kappa shape index (κ3) is 3.59. The first-order valence-electron chi connectivity index (χ1n) is 7.18. The summed E-state index contributed by atoms with van der Waals surface area (Å²) in [6, 6.07) is 1.96. The van der Waals surface area contributed by atoms with Gasteiger partial charge in [0, 0.05) is 13.0 Å². The predicted molar refractivity (Wildman–Crippen MR) is 71.6 cm³/mol. The summed E-state index contributed by atoms with van der Waals surface area (Å²) in [5.41, 5.74) is 1.08. The topological polar surface area (TPSA) is 79.5 Å². The molecule has 2 rings (SSSR count). The van der Waals surface area contributed by atoms with Crippen molar-refractivity contribution < 1.29 is 19.4 Å². The van der Waals surface area contributed by atoms with Gasteiger partial charge in [0.05, 0.1) is 18.3 Å². The van der Waals surface area contributed by atoms with Gasteiger partial charge < -0.3 is 14.6 Å². The molecule has 0 bridgehead atoms. The molecule has 110 valence electrons. The number of esters is 1. The highest BCUT2D eigenvalue weighted by molar-refractivity contribution is 5.77. The van der Waals surface area contributed by atoms with Crippen molar-refractivity contribution in [3.8, 4) is 6.07 Å². The maximum Gasteiger partial charge on any atom is 0.323 e. The van der Waals surface area contributed by atoms with Crippen molar-refractivity contribution in [2.45, 2.75) is 56.8 Å². The van der Waals surface area contributed by atoms with Crippen LogP contribution >= 0.6 is 0 Å². The first-order chi connectivity index (χ1) is 9.63. The van der Waals surface area contributed by atoms with Gasteiger partial charge in [-0.2, -0.15) is 5.26 Å². The van der Waals surface area contributed by atoms with Crippen molar-refractivity contribution in [2.24, 2.45) is 5.92 Å². The molecule has 0 radical (unpaired) electrons. The Bertz CT molecular complexity index is 415. The molecule has 0 saturated carbocycles. The summed E-state index contributed by atoms with van der Waals surface area (Å²) in [5.74, 6) is -1.01. The summed E-state index contributed by atoms with van der Waals surface area (Å²) in [4.78, 5) is 11.3. The van der Waals surface area contributed by atoms with E-state index in [4.69, 9.17) is 19.8 Å². The smallest absolute Gasteiger partial charge is 0.323 e. The van der Waals surface area contributed by atoms with Crippen molar-refractivity contribution >= 4 is 5.97 Å². The number of carbonyl (C=O) groups excluding carboxylic acids is 1. The van der Waals surface area contributed by atoms with Gasteiger partial charge in [-0.25, -0.2) is 0 Å². The van der Waals surface area contributed by atoms with Gasteiger partial charge in [0.15, 0.2) is 0 Å². The standard InChI is InChI=1S/C15H21NO4/c1-10-7-12(3-2-6-17)19-14(10)5-4-13-8-11(9-16)15(18)20-13/h11-14,17H,1-8H2/t11-,12?,13?,14-/m0/s1. The average molecular weight is 279 g/mol. The van der Waals surface area contributed by atoms with Crippen LogP contribution in [0, 0.1) is 17.2 Å². The lowest BCUT2D eigenvalue weighted by molar-refractivity contribution is -0.143. The Morgan fingerprint density at radius 3 is 2.80 bits per heavy atom. The zero-order chi connectivity index (χ0) is 14.5. The number of cyclic esters (lactones) is 1. The Kier molecular flexibility index (Phi) is 5.16. The van der Waals surface area contributed by atoms with Gasteiger partial charge in [-0.3, -0.25) is 4.79 Å². The number of aliphatic hydroxyl groups excluding tert-OH is 1. The van der Waals surface area contributed by atoms with Crippen LogP contribution in [0.5, 0.6) is 0 Å². The highest BCUT2D eigenvalue weighted by Crippen LogP contribution is 2.32. The quantitative estimate of drug-likeness (QED) is 0.591. The van der Waals surface area contributed by atoms with Gasteiger partial charge in [-0.15, -0.1) is 0 Å². The lowest BCUT2D eigenvalue weighted by atomic mass is 9.99. The minimum absolute atomic E-state index is 0.0125. The van der Waals surface area contributed by atoms with Crippen LogP contribution in [0.3, 0.4) is 0 Å². The van der Waals surface area contributed by atoms with Gasteiger partial charge in [-0.05, 0) is 37.7 Å². The normalized spacial score (nSPS) is 33.2. The van der Waals surface area contributed by atoms with Crippen LogP contribution < -0.4 is 0 Å². The molecule has 2 unspecified atom stereocenters. The van der Waals surface area contributed by atoms with E-state index in [2.05, 4.69) is 6.58 Å². The Hall–Kier alpha value is -1.38. The molecule has 2 aliphatic heterocycles. The third-order valence-corrected chi connectivity index (χ3v) is 3.96. The Balaban J connectivity index is 1.74. The molecule has 2 fully saturated rings. The molecule has 5 nitrogen and oxygen atoms in total. The number of hydrogen-bond donors (Lipinski definition) is 1. The van der Waals surface area contributed by atoms with E-state index in [-0.39, 0.29) is 24.9 Å². The average Bonchev–Trinajstić information content (AvgIpc) is 2.97. The number of ether oxygens (including phenoxy) is 2. The summed E-state index contributed by atoms with van der Waals surface area (Å²) >= 11 is 0. The summed E-state index contributed by atoms with van der Waals surface area (Å²) in [5, 5.41) is 17.6. The van der Waals surface area contributed by atoms with E-state index in [1.54, 1.807) is 0 Å². The van der Waals surface area contributed by atoms with Crippen LogP contribution in [0.25, 0.3) is 0 Å². The molecule has 0 aromatic carbocycles. The second kappa shape index (κ2) is 6.87.